The number of rotatable bonds is 1. The summed E-state index contributed by atoms with van der Waals surface area (Å²) in [5.74, 6) is -0.0494. The molecule has 1 aliphatic heterocycles. The number of anilines is 1. The molecule has 0 radical (unpaired) electrons. The topological polar surface area (TPSA) is 46.3 Å². The Labute approximate surface area is 127 Å². The van der Waals surface area contributed by atoms with E-state index in [9.17, 15) is 4.79 Å². The third-order valence-corrected chi connectivity index (χ3v) is 5.09. The Kier molecular flexibility index (Phi) is 3.44. The second-order valence-electron chi connectivity index (χ2n) is 4.96. The average molecular weight is 307 g/mol. The van der Waals surface area contributed by atoms with Gasteiger partial charge in [-0.25, -0.2) is 0 Å². The zero-order valence-electron chi connectivity index (χ0n) is 11.1. The maximum absolute atomic E-state index is 12.7. The third-order valence-electron chi connectivity index (χ3n) is 3.76. The SMILES string of the molecule is CC1c2ccsc2CCN1C(=O)c1cc(N)ccc1Cl. The summed E-state index contributed by atoms with van der Waals surface area (Å²) in [6, 6.07) is 7.21. The van der Waals surface area contributed by atoms with Crippen molar-refractivity contribution in [3.05, 3.63) is 50.7 Å². The summed E-state index contributed by atoms with van der Waals surface area (Å²) in [6.45, 7) is 2.78. The summed E-state index contributed by atoms with van der Waals surface area (Å²) in [4.78, 5) is 16.0. The number of amides is 1. The molecular formula is C15H15ClN2OS. The molecule has 20 heavy (non-hydrogen) atoms. The van der Waals surface area contributed by atoms with Gasteiger partial charge in [0.25, 0.3) is 5.91 Å². The predicted molar refractivity (Wildman–Crippen MR) is 83.3 cm³/mol. The molecule has 1 atom stereocenters. The van der Waals surface area contributed by atoms with Gasteiger partial charge in [0.15, 0.2) is 0 Å². The fourth-order valence-electron chi connectivity index (χ4n) is 2.65. The van der Waals surface area contributed by atoms with Crippen LogP contribution in [0.25, 0.3) is 0 Å². The van der Waals surface area contributed by atoms with Crippen LogP contribution in [0.4, 0.5) is 5.69 Å². The second kappa shape index (κ2) is 5.11. The maximum atomic E-state index is 12.7. The van der Waals surface area contributed by atoms with Gasteiger partial charge in [-0.15, -0.1) is 11.3 Å². The van der Waals surface area contributed by atoms with E-state index in [0.717, 1.165) is 13.0 Å². The van der Waals surface area contributed by atoms with E-state index in [1.807, 2.05) is 4.90 Å². The minimum atomic E-state index is -0.0494. The molecule has 0 bridgehead atoms. The predicted octanol–water partition coefficient (Wildman–Crippen LogP) is 3.74. The molecule has 1 unspecified atom stereocenters. The summed E-state index contributed by atoms with van der Waals surface area (Å²) >= 11 is 7.90. The Bertz CT molecular complexity index is 668. The number of fused-ring (bicyclic) bond motifs is 1. The zero-order valence-corrected chi connectivity index (χ0v) is 12.7. The van der Waals surface area contributed by atoms with Crippen molar-refractivity contribution in [2.75, 3.05) is 12.3 Å². The third kappa shape index (κ3) is 2.19. The number of thiophene rings is 1. The van der Waals surface area contributed by atoms with Gasteiger partial charge in [-0.1, -0.05) is 11.6 Å². The molecule has 2 aromatic rings. The number of carbonyl (C=O) groups is 1. The quantitative estimate of drug-likeness (QED) is 0.816. The summed E-state index contributed by atoms with van der Waals surface area (Å²) in [7, 11) is 0. The van der Waals surface area contributed by atoms with E-state index in [1.54, 1.807) is 29.5 Å². The molecular weight excluding hydrogens is 292 g/mol. The lowest BCUT2D eigenvalue weighted by Crippen LogP contribution is -2.38. The van der Waals surface area contributed by atoms with Crippen molar-refractivity contribution in [2.24, 2.45) is 0 Å². The van der Waals surface area contributed by atoms with Crippen LogP contribution in [0.3, 0.4) is 0 Å². The molecule has 1 aromatic heterocycles. The summed E-state index contributed by atoms with van der Waals surface area (Å²) in [5, 5.41) is 2.54. The van der Waals surface area contributed by atoms with E-state index >= 15 is 0 Å². The molecule has 5 heteroatoms. The number of nitrogens with two attached hydrogens (primary N) is 1. The number of nitrogen functional groups attached to an aromatic ring is 1. The highest BCUT2D eigenvalue weighted by atomic mass is 35.5. The van der Waals surface area contributed by atoms with E-state index in [2.05, 4.69) is 18.4 Å². The molecule has 3 nitrogen and oxygen atoms in total. The number of hydrogen-bond acceptors (Lipinski definition) is 3. The zero-order chi connectivity index (χ0) is 14.3. The Balaban J connectivity index is 1.94. The molecule has 104 valence electrons. The number of hydrogen-bond donors (Lipinski definition) is 1. The summed E-state index contributed by atoms with van der Waals surface area (Å²) < 4.78 is 0. The standard InChI is InChI=1S/C15H15ClN2OS/c1-9-11-5-7-20-14(11)4-6-18(9)15(19)12-8-10(17)2-3-13(12)16/h2-3,5,7-9H,4,6,17H2,1H3. The first-order valence-corrected chi connectivity index (χ1v) is 7.76. The highest BCUT2D eigenvalue weighted by Crippen LogP contribution is 2.34. The summed E-state index contributed by atoms with van der Waals surface area (Å²) in [6.07, 6.45) is 0.906. The first-order valence-electron chi connectivity index (χ1n) is 6.50. The first kappa shape index (κ1) is 13.5. The molecule has 1 aromatic carbocycles. The van der Waals surface area contributed by atoms with Gasteiger partial charge in [0.2, 0.25) is 0 Å². The fourth-order valence-corrected chi connectivity index (χ4v) is 3.81. The molecule has 0 saturated heterocycles. The van der Waals surface area contributed by atoms with Crippen molar-refractivity contribution in [3.8, 4) is 0 Å². The first-order chi connectivity index (χ1) is 9.58. The number of halogens is 1. The van der Waals surface area contributed by atoms with Crippen LogP contribution in [0.2, 0.25) is 5.02 Å². The molecule has 2 N–H and O–H groups in total. The highest BCUT2D eigenvalue weighted by molar-refractivity contribution is 7.10. The minimum Gasteiger partial charge on any atom is -0.399 e. The lowest BCUT2D eigenvalue weighted by molar-refractivity contribution is 0.0679. The van der Waals surface area contributed by atoms with Gasteiger partial charge in [0.05, 0.1) is 16.6 Å². The van der Waals surface area contributed by atoms with Crippen molar-refractivity contribution in [1.82, 2.24) is 4.90 Å². The summed E-state index contributed by atoms with van der Waals surface area (Å²) in [5.41, 5.74) is 8.04. The van der Waals surface area contributed by atoms with Gasteiger partial charge in [0, 0.05) is 17.1 Å². The van der Waals surface area contributed by atoms with Crippen molar-refractivity contribution in [3.63, 3.8) is 0 Å². The Morgan fingerprint density at radius 1 is 1.45 bits per heavy atom. The van der Waals surface area contributed by atoms with Crippen LogP contribution in [0.15, 0.2) is 29.6 Å². The van der Waals surface area contributed by atoms with Gasteiger partial charge in [-0.3, -0.25) is 4.79 Å². The number of benzene rings is 1. The molecule has 1 amide bonds. The Hall–Kier alpha value is -1.52. The van der Waals surface area contributed by atoms with E-state index in [1.165, 1.54) is 10.4 Å². The van der Waals surface area contributed by atoms with Crippen LogP contribution in [0, 0.1) is 0 Å². The molecule has 0 aliphatic carbocycles. The van der Waals surface area contributed by atoms with Crippen LogP contribution in [0.5, 0.6) is 0 Å². The highest BCUT2D eigenvalue weighted by Gasteiger charge is 2.29. The Morgan fingerprint density at radius 3 is 3.05 bits per heavy atom. The monoisotopic (exact) mass is 306 g/mol. The fraction of sp³-hybridized carbons (Fsp3) is 0.267. The van der Waals surface area contributed by atoms with Gasteiger partial charge in [-0.2, -0.15) is 0 Å². The van der Waals surface area contributed by atoms with Crippen molar-refractivity contribution >= 4 is 34.5 Å². The van der Waals surface area contributed by atoms with Crippen LogP contribution in [-0.2, 0) is 6.42 Å². The van der Waals surface area contributed by atoms with E-state index in [0.29, 0.717) is 16.3 Å². The smallest absolute Gasteiger partial charge is 0.255 e. The lowest BCUT2D eigenvalue weighted by Gasteiger charge is -2.34. The van der Waals surface area contributed by atoms with E-state index < -0.39 is 0 Å². The van der Waals surface area contributed by atoms with E-state index in [-0.39, 0.29) is 11.9 Å². The number of carbonyl (C=O) groups excluding carboxylic acids is 1. The molecule has 1 aliphatic rings. The van der Waals surface area contributed by atoms with Gasteiger partial charge < -0.3 is 10.6 Å². The average Bonchev–Trinajstić information content (AvgIpc) is 2.90. The minimum absolute atomic E-state index is 0.0494. The molecule has 3 rings (SSSR count). The van der Waals surface area contributed by atoms with E-state index in [4.69, 9.17) is 17.3 Å². The normalized spacial score (nSPS) is 17.9. The molecule has 0 saturated carbocycles. The van der Waals surface area contributed by atoms with Crippen molar-refractivity contribution < 1.29 is 4.79 Å². The number of nitrogens with zero attached hydrogens (tertiary/aromatic N) is 1. The van der Waals surface area contributed by atoms with Crippen molar-refractivity contribution in [2.45, 2.75) is 19.4 Å². The second-order valence-corrected chi connectivity index (χ2v) is 6.37. The maximum Gasteiger partial charge on any atom is 0.255 e. The van der Waals surface area contributed by atoms with Gasteiger partial charge in [0.1, 0.15) is 0 Å². The lowest BCUT2D eigenvalue weighted by atomic mass is 10.00. The van der Waals surface area contributed by atoms with Gasteiger partial charge >= 0.3 is 0 Å². The molecule has 0 spiro atoms. The van der Waals surface area contributed by atoms with Crippen LogP contribution < -0.4 is 5.73 Å². The van der Waals surface area contributed by atoms with Crippen LogP contribution in [0.1, 0.15) is 33.8 Å². The Morgan fingerprint density at radius 2 is 2.25 bits per heavy atom. The molecule has 0 fully saturated rings. The van der Waals surface area contributed by atoms with Crippen molar-refractivity contribution in [1.29, 1.82) is 0 Å². The van der Waals surface area contributed by atoms with Crippen LogP contribution >= 0.6 is 22.9 Å². The van der Waals surface area contributed by atoms with Crippen LogP contribution in [-0.4, -0.2) is 17.4 Å². The molecule has 2 heterocycles. The van der Waals surface area contributed by atoms with Gasteiger partial charge in [-0.05, 0) is 48.6 Å². The largest absolute Gasteiger partial charge is 0.399 e.